The highest BCUT2D eigenvalue weighted by Gasteiger charge is 2.09. The summed E-state index contributed by atoms with van der Waals surface area (Å²) < 4.78 is 12.7. The molecule has 0 atom stereocenters. The Balaban J connectivity index is 2.14. The first-order chi connectivity index (χ1) is 9.60. The van der Waals surface area contributed by atoms with Crippen LogP contribution in [0.4, 0.5) is 0 Å². The van der Waals surface area contributed by atoms with Crippen molar-refractivity contribution in [2.45, 2.75) is 39.8 Å². The summed E-state index contributed by atoms with van der Waals surface area (Å²) in [5, 5.41) is 1.07. The van der Waals surface area contributed by atoms with Crippen LogP contribution in [0.25, 0.3) is 10.9 Å². The first kappa shape index (κ1) is 14.4. The van der Waals surface area contributed by atoms with Gasteiger partial charge in [-0.1, -0.05) is 6.92 Å². The quantitative estimate of drug-likeness (QED) is 0.759. The number of carbonyl (C=O) groups excluding carboxylic acids is 1. The van der Waals surface area contributed by atoms with E-state index in [-0.39, 0.29) is 18.6 Å². The van der Waals surface area contributed by atoms with Crippen molar-refractivity contribution in [3.05, 3.63) is 30.5 Å². The van der Waals surface area contributed by atoms with Gasteiger partial charge in [0.25, 0.3) is 0 Å². The van der Waals surface area contributed by atoms with E-state index >= 15 is 0 Å². The van der Waals surface area contributed by atoms with Gasteiger partial charge in [0.15, 0.2) is 0 Å². The normalized spacial score (nSPS) is 11.0. The molecule has 1 aromatic heterocycles. The molecule has 20 heavy (non-hydrogen) atoms. The summed E-state index contributed by atoms with van der Waals surface area (Å²) in [5.74, 6) is 0.644. The van der Waals surface area contributed by atoms with Crippen LogP contribution in [0.5, 0.6) is 5.75 Å². The van der Waals surface area contributed by atoms with E-state index in [1.54, 1.807) is 0 Å². The molecule has 0 N–H and O–H groups in total. The smallest absolute Gasteiger partial charge is 0.326 e. The van der Waals surface area contributed by atoms with Gasteiger partial charge in [-0.25, -0.2) is 0 Å². The van der Waals surface area contributed by atoms with Gasteiger partial charge in [0.1, 0.15) is 12.3 Å². The van der Waals surface area contributed by atoms with Crippen molar-refractivity contribution in [1.82, 2.24) is 4.57 Å². The van der Waals surface area contributed by atoms with Crippen LogP contribution >= 0.6 is 0 Å². The maximum atomic E-state index is 11.7. The number of hydrogen-bond acceptors (Lipinski definition) is 3. The summed E-state index contributed by atoms with van der Waals surface area (Å²) in [7, 11) is 0. The van der Waals surface area contributed by atoms with Crippen LogP contribution in [0.3, 0.4) is 0 Å². The minimum atomic E-state index is -0.219. The van der Waals surface area contributed by atoms with Gasteiger partial charge in [0, 0.05) is 17.1 Å². The minimum absolute atomic E-state index is 0.0848. The van der Waals surface area contributed by atoms with Crippen molar-refractivity contribution >= 4 is 16.9 Å². The van der Waals surface area contributed by atoms with E-state index in [1.807, 2.05) is 48.9 Å². The molecule has 4 heteroatoms. The molecular formula is C16H21NO3. The Morgan fingerprint density at radius 2 is 2.10 bits per heavy atom. The third-order valence-corrected chi connectivity index (χ3v) is 2.88. The Bertz CT molecular complexity index is 586. The number of ether oxygens (including phenoxy) is 2. The molecule has 0 spiro atoms. The van der Waals surface area contributed by atoms with Crippen LogP contribution < -0.4 is 4.74 Å². The highest BCUT2D eigenvalue weighted by Crippen LogP contribution is 2.22. The number of benzene rings is 1. The Morgan fingerprint density at radius 1 is 1.30 bits per heavy atom. The molecule has 2 aromatic rings. The van der Waals surface area contributed by atoms with Crippen molar-refractivity contribution in [1.29, 1.82) is 0 Å². The highest BCUT2D eigenvalue weighted by molar-refractivity contribution is 5.83. The summed E-state index contributed by atoms with van der Waals surface area (Å²) in [6.45, 7) is 6.73. The molecular weight excluding hydrogens is 254 g/mol. The van der Waals surface area contributed by atoms with Crippen LogP contribution in [0.2, 0.25) is 0 Å². The van der Waals surface area contributed by atoms with E-state index in [4.69, 9.17) is 9.47 Å². The van der Waals surface area contributed by atoms with Crippen molar-refractivity contribution in [2.24, 2.45) is 0 Å². The number of hydrogen-bond donors (Lipinski definition) is 0. The van der Waals surface area contributed by atoms with Crippen molar-refractivity contribution in [2.75, 3.05) is 6.61 Å². The zero-order valence-corrected chi connectivity index (χ0v) is 12.3. The second-order valence-corrected chi connectivity index (χ2v) is 5.05. The Morgan fingerprint density at radius 3 is 2.80 bits per heavy atom. The van der Waals surface area contributed by atoms with Crippen LogP contribution in [0, 0.1) is 0 Å². The molecule has 108 valence electrons. The zero-order valence-electron chi connectivity index (χ0n) is 12.3. The number of fused-ring (bicyclic) bond motifs is 1. The summed E-state index contributed by atoms with van der Waals surface area (Å²) in [6.07, 6.45) is 2.80. The third-order valence-electron chi connectivity index (χ3n) is 2.88. The predicted octanol–water partition coefficient (Wildman–Crippen LogP) is 3.38. The molecule has 0 saturated carbocycles. The van der Waals surface area contributed by atoms with Crippen LogP contribution in [0.1, 0.15) is 27.2 Å². The monoisotopic (exact) mass is 275 g/mol. The summed E-state index contributed by atoms with van der Waals surface area (Å²) >= 11 is 0. The molecule has 0 aliphatic carbocycles. The molecule has 0 unspecified atom stereocenters. The van der Waals surface area contributed by atoms with Crippen LogP contribution in [0.15, 0.2) is 30.5 Å². The largest absolute Gasteiger partial charge is 0.494 e. The van der Waals surface area contributed by atoms with Gasteiger partial charge >= 0.3 is 5.97 Å². The van der Waals surface area contributed by atoms with Gasteiger partial charge in [-0.3, -0.25) is 4.79 Å². The fourth-order valence-corrected chi connectivity index (χ4v) is 2.07. The lowest BCUT2D eigenvalue weighted by atomic mass is 10.2. The van der Waals surface area contributed by atoms with Crippen LogP contribution in [-0.2, 0) is 16.1 Å². The molecule has 2 rings (SSSR count). The molecule has 0 amide bonds. The van der Waals surface area contributed by atoms with Gasteiger partial charge < -0.3 is 14.0 Å². The molecule has 0 aliphatic rings. The molecule has 0 saturated heterocycles. The minimum Gasteiger partial charge on any atom is -0.494 e. The van der Waals surface area contributed by atoms with Crippen molar-refractivity contribution in [3.63, 3.8) is 0 Å². The maximum absolute atomic E-state index is 11.7. The van der Waals surface area contributed by atoms with Gasteiger partial charge in [-0.15, -0.1) is 0 Å². The lowest BCUT2D eigenvalue weighted by molar-refractivity contribution is -0.148. The van der Waals surface area contributed by atoms with Gasteiger partial charge in [0.2, 0.25) is 0 Å². The standard InChI is InChI=1S/C16H21NO3/c1-4-9-19-14-5-6-15-13(10-14)7-8-17(15)11-16(18)20-12(2)3/h5-8,10,12H,4,9,11H2,1-3H3. The average molecular weight is 275 g/mol. The first-order valence-electron chi connectivity index (χ1n) is 7.01. The Labute approximate surface area is 119 Å². The average Bonchev–Trinajstić information content (AvgIpc) is 2.78. The fraction of sp³-hybridized carbons (Fsp3) is 0.438. The molecule has 0 aliphatic heterocycles. The van der Waals surface area contributed by atoms with E-state index in [1.165, 1.54) is 0 Å². The molecule has 1 heterocycles. The predicted molar refractivity (Wildman–Crippen MR) is 79.0 cm³/mol. The van der Waals surface area contributed by atoms with E-state index < -0.39 is 0 Å². The second-order valence-electron chi connectivity index (χ2n) is 5.05. The second kappa shape index (κ2) is 6.46. The zero-order chi connectivity index (χ0) is 14.5. The van der Waals surface area contributed by atoms with Crippen molar-refractivity contribution in [3.8, 4) is 5.75 Å². The number of nitrogens with zero attached hydrogens (tertiary/aromatic N) is 1. The molecule has 0 fully saturated rings. The first-order valence-corrected chi connectivity index (χ1v) is 7.01. The van der Waals surface area contributed by atoms with Gasteiger partial charge in [-0.05, 0) is 44.5 Å². The number of aromatic nitrogens is 1. The van der Waals surface area contributed by atoms with Crippen LogP contribution in [-0.4, -0.2) is 23.2 Å². The van der Waals surface area contributed by atoms with E-state index in [2.05, 4.69) is 6.92 Å². The SMILES string of the molecule is CCCOc1ccc2c(ccn2CC(=O)OC(C)C)c1. The molecule has 0 radical (unpaired) electrons. The lowest BCUT2D eigenvalue weighted by Crippen LogP contribution is -2.16. The topological polar surface area (TPSA) is 40.5 Å². The number of rotatable bonds is 6. The fourth-order valence-electron chi connectivity index (χ4n) is 2.07. The number of esters is 1. The highest BCUT2D eigenvalue weighted by atomic mass is 16.5. The number of carbonyl (C=O) groups is 1. The van der Waals surface area contributed by atoms with E-state index in [0.717, 1.165) is 23.1 Å². The Hall–Kier alpha value is -1.97. The third kappa shape index (κ3) is 3.53. The molecule has 1 aromatic carbocycles. The van der Waals surface area contributed by atoms with E-state index in [9.17, 15) is 4.79 Å². The molecule has 4 nitrogen and oxygen atoms in total. The molecule has 0 bridgehead atoms. The Kier molecular flexibility index (Phi) is 4.66. The van der Waals surface area contributed by atoms with E-state index in [0.29, 0.717) is 6.61 Å². The van der Waals surface area contributed by atoms with Gasteiger partial charge in [-0.2, -0.15) is 0 Å². The van der Waals surface area contributed by atoms with Crippen molar-refractivity contribution < 1.29 is 14.3 Å². The van der Waals surface area contributed by atoms with Gasteiger partial charge in [0.05, 0.1) is 12.7 Å². The lowest BCUT2D eigenvalue weighted by Gasteiger charge is -2.10. The maximum Gasteiger partial charge on any atom is 0.326 e. The summed E-state index contributed by atoms with van der Waals surface area (Å²) in [6, 6.07) is 7.89. The summed E-state index contributed by atoms with van der Waals surface area (Å²) in [4.78, 5) is 11.7. The summed E-state index contributed by atoms with van der Waals surface area (Å²) in [5.41, 5.74) is 1.01.